The molecule has 0 saturated heterocycles. The van der Waals surface area contributed by atoms with Crippen LogP contribution in [-0.2, 0) is 23.6 Å². The molecule has 2 aliphatic carbocycles. The fourth-order valence-electron chi connectivity index (χ4n) is 3.88. The van der Waals surface area contributed by atoms with Crippen LogP contribution in [0.1, 0.15) is 0 Å². The molecule has 0 unspecified atom stereocenters. The van der Waals surface area contributed by atoms with Crippen molar-refractivity contribution in [1.82, 2.24) is 9.55 Å². The zero-order valence-electron chi connectivity index (χ0n) is 17.0. The van der Waals surface area contributed by atoms with Crippen LogP contribution in [0.25, 0.3) is 33.2 Å². The summed E-state index contributed by atoms with van der Waals surface area (Å²) in [5, 5.41) is 2.48. The molecule has 0 aliphatic heterocycles. The van der Waals surface area contributed by atoms with Crippen molar-refractivity contribution in [2.45, 2.75) is 6.54 Å². The first-order valence-electron chi connectivity index (χ1n) is 10.2. The fraction of sp³-hybridized carbons (Fsp3) is 0.0357. The van der Waals surface area contributed by atoms with E-state index in [1.54, 1.807) is 0 Å². The number of aromatic nitrogens is 2. The third-order valence-corrected chi connectivity index (χ3v) is 5.31. The summed E-state index contributed by atoms with van der Waals surface area (Å²) in [6.07, 6.45) is 18.5. The van der Waals surface area contributed by atoms with Crippen LogP contribution >= 0.6 is 0 Å². The number of hydrogen-bond donors (Lipinski definition) is 0. The van der Waals surface area contributed by atoms with Gasteiger partial charge in [0.2, 0.25) is 0 Å². The number of nitrogens with zero attached hydrogens (tertiary/aromatic N) is 2. The number of fused-ring (bicyclic) bond motifs is 2. The van der Waals surface area contributed by atoms with Gasteiger partial charge in [0.25, 0.3) is 0 Å². The molecule has 2 saturated carbocycles. The van der Waals surface area contributed by atoms with Crippen LogP contribution in [0.2, 0.25) is 0 Å². The number of para-hydroxylation sites is 2. The van der Waals surface area contributed by atoms with E-state index in [0.717, 1.165) is 17.9 Å². The molecule has 1 heterocycles. The molecular formula is C28H22FeN2+2. The number of imidazole rings is 1. The molecule has 10 radical (unpaired) electrons. The monoisotopic (exact) mass is 442 g/mol. The van der Waals surface area contributed by atoms with Crippen LogP contribution in [0.4, 0.5) is 0 Å². The summed E-state index contributed by atoms with van der Waals surface area (Å²) in [6.45, 7) is 0.825. The maximum Gasteiger partial charge on any atom is 2.00 e. The standard InChI is InChI=1S/C23H17N2.C5H5.Fe/c1-2-9-17(8-1)16-25-22-15-6-5-14-21(22)24-23(25)20-13-7-11-18-10-3-4-12-19(18)20;1-2-4-5-3-1;/h1-15H,16H2;1-5H;/q;;+2. The molecule has 1 aromatic heterocycles. The van der Waals surface area contributed by atoms with Crippen molar-refractivity contribution in [2.75, 3.05) is 0 Å². The normalized spacial score (nSPS) is 16.3. The van der Waals surface area contributed by atoms with Crippen LogP contribution in [-0.4, -0.2) is 9.55 Å². The van der Waals surface area contributed by atoms with Gasteiger partial charge < -0.3 is 4.57 Å². The predicted octanol–water partition coefficient (Wildman–Crippen LogP) is 6.28. The van der Waals surface area contributed by atoms with Crippen molar-refractivity contribution >= 4 is 21.8 Å². The summed E-state index contributed by atoms with van der Waals surface area (Å²) in [6, 6.07) is 23.3. The van der Waals surface area contributed by atoms with E-state index in [1.807, 2.05) is 32.1 Å². The first kappa shape index (κ1) is 22.1. The van der Waals surface area contributed by atoms with E-state index in [1.165, 1.54) is 27.8 Å². The van der Waals surface area contributed by atoms with Crippen molar-refractivity contribution in [3.63, 3.8) is 0 Å². The Bertz CT molecular complexity index is 1110. The van der Waals surface area contributed by atoms with Gasteiger partial charge in [0, 0.05) is 18.0 Å². The summed E-state index contributed by atoms with van der Waals surface area (Å²) in [5.41, 5.74) is 3.39. The van der Waals surface area contributed by atoms with Gasteiger partial charge in [0.15, 0.2) is 0 Å². The largest absolute Gasteiger partial charge is 2.00 e. The Hall–Kier alpha value is -2.09. The van der Waals surface area contributed by atoms with E-state index in [9.17, 15) is 0 Å². The first-order valence-corrected chi connectivity index (χ1v) is 10.2. The molecule has 3 aromatic carbocycles. The van der Waals surface area contributed by atoms with Crippen LogP contribution in [0.5, 0.6) is 0 Å². The van der Waals surface area contributed by atoms with Crippen LogP contribution in [0, 0.1) is 63.7 Å². The molecule has 31 heavy (non-hydrogen) atoms. The van der Waals surface area contributed by atoms with Gasteiger partial charge in [-0.05, 0) is 80.7 Å². The van der Waals surface area contributed by atoms with Crippen molar-refractivity contribution in [2.24, 2.45) is 0 Å². The molecule has 0 atom stereocenters. The van der Waals surface area contributed by atoms with Gasteiger partial charge in [0.1, 0.15) is 5.82 Å². The Morgan fingerprint density at radius 2 is 1.29 bits per heavy atom. The third-order valence-electron chi connectivity index (χ3n) is 5.31. The minimum Gasteiger partial charge on any atom is -0.323 e. The summed E-state index contributed by atoms with van der Waals surface area (Å²) < 4.78 is 2.33. The molecule has 0 spiro atoms. The average molecular weight is 442 g/mol. The van der Waals surface area contributed by atoms with Crippen molar-refractivity contribution in [3.8, 4) is 11.4 Å². The molecule has 2 nitrogen and oxygen atoms in total. The molecule has 0 N–H and O–H groups in total. The maximum absolute atomic E-state index is 4.98. The Labute approximate surface area is 196 Å². The summed E-state index contributed by atoms with van der Waals surface area (Å²) in [7, 11) is 0. The van der Waals surface area contributed by atoms with E-state index >= 15 is 0 Å². The second-order valence-electron chi connectivity index (χ2n) is 7.29. The second kappa shape index (κ2) is 10.5. The quantitative estimate of drug-likeness (QED) is 0.342. The Balaban J connectivity index is 0.000000342. The van der Waals surface area contributed by atoms with Crippen molar-refractivity contribution in [3.05, 3.63) is 130 Å². The number of rotatable bonds is 3. The van der Waals surface area contributed by atoms with E-state index < -0.39 is 0 Å². The van der Waals surface area contributed by atoms with Gasteiger partial charge in [-0.25, -0.2) is 4.98 Å². The average Bonchev–Trinajstić information content (AvgIpc) is 3.57. The van der Waals surface area contributed by atoms with E-state index in [0.29, 0.717) is 0 Å². The van der Waals surface area contributed by atoms with Crippen LogP contribution in [0.15, 0.2) is 66.7 Å². The van der Waals surface area contributed by atoms with Gasteiger partial charge >= 0.3 is 17.1 Å². The van der Waals surface area contributed by atoms with E-state index in [-0.39, 0.29) is 17.1 Å². The van der Waals surface area contributed by atoms with Crippen molar-refractivity contribution < 1.29 is 17.1 Å². The van der Waals surface area contributed by atoms with Crippen LogP contribution in [0.3, 0.4) is 0 Å². The molecule has 2 fully saturated rings. The zero-order valence-corrected chi connectivity index (χ0v) is 18.1. The summed E-state index contributed by atoms with van der Waals surface area (Å²) in [5.74, 6) is 2.32. The third kappa shape index (κ3) is 4.89. The van der Waals surface area contributed by atoms with Gasteiger partial charge in [-0.2, -0.15) is 0 Å². The Morgan fingerprint density at radius 1 is 0.645 bits per heavy atom. The zero-order chi connectivity index (χ0) is 20.2. The fourth-order valence-corrected chi connectivity index (χ4v) is 3.88. The summed E-state index contributed by atoms with van der Waals surface area (Å²) >= 11 is 0. The Kier molecular flexibility index (Phi) is 7.48. The minimum atomic E-state index is 0. The molecule has 3 heteroatoms. The molecule has 2 aliphatic rings. The minimum absolute atomic E-state index is 0. The molecular weight excluding hydrogens is 420 g/mol. The molecule has 4 aromatic rings. The SMILES string of the molecule is [CH]1[CH][CH][CH][CH]1.[CH]1[CH][CH][C](Cn2c(-c3cccc4ccccc34)nc3ccccc32)[CH]1.[Fe+2]. The predicted molar refractivity (Wildman–Crippen MR) is 125 cm³/mol. The smallest absolute Gasteiger partial charge is 0.323 e. The van der Waals surface area contributed by atoms with E-state index in [2.05, 4.69) is 97.0 Å². The van der Waals surface area contributed by atoms with Gasteiger partial charge in [0.05, 0.1) is 11.0 Å². The van der Waals surface area contributed by atoms with Gasteiger partial charge in [-0.15, -0.1) is 0 Å². The maximum atomic E-state index is 4.98. The van der Waals surface area contributed by atoms with Crippen LogP contribution < -0.4 is 0 Å². The number of benzene rings is 3. The Morgan fingerprint density at radius 3 is 2.06 bits per heavy atom. The molecule has 0 bridgehead atoms. The van der Waals surface area contributed by atoms with Gasteiger partial charge in [-0.1, -0.05) is 54.6 Å². The molecule has 6 rings (SSSR count). The van der Waals surface area contributed by atoms with Gasteiger partial charge in [-0.3, -0.25) is 0 Å². The molecule has 150 valence electrons. The first-order chi connectivity index (χ1) is 14.9. The number of hydrogen-bond acceptors (Lipinski definition) is 1. The van der Waals surface area contributed by atoms with Crippen molar-refractivity contribution in [1.29, 1.82) is 0 Å². The topological polar surface area (TPSA) is 17.8 Å². The molecule has 0 amide bonds. The summed E-state index contributed by atoms with van der Waals surface area (Å²) in [4.78, 5) is 4.98. The van der Waals surface area contributed by atoms with E-state index in [4.69, 9.17) is 4.98 Å². The second-order valence-corrected chi connectivity index (χ2v) is 7.29.